The van der Waals surface area contributed by atoms with Crippen molar-refractivity contribution in [1.82, 2.24) is 19.2 Å². The van der Waals surface area contributed by atoms with Gasteiger partial charge in [0.25, 0.3) is 0 Å². The van der Waals surface area contributed by atoms with Crippen LogP contribution in [0.15, 0.2) is 59.4 Å². The second-order valence-electron chi connectivity index (χ2n) is 6.74. The molecule has 0 aliphatic rings. The van der Waals surface area contributed by atoms with Gasteiger partial charge in [-0.2, -0.15) is 0 Å². The number of halogens is 1. The zero-order valence-electron chi connectivity index (χ0n) is 16.8. The summed E-state index contributed by atoms with van der Waals surface area (Å²) in [5.74, 6) is -0.0986. The van der Waals surface area contributed by atoms with Crippen molar-refractivity contribution in [3.8, 4) is 5.75 Å². The van der Waals surface area contributed by atoms with E-state index in [9.17, 15) is 14.0 Å². The van der Waals surface area contributed by atoms with Crippen LogP contribution in [-0.4, -0.2) is 32.2 Å². The van der Waals surface area contributed by atoms with Gasteiger partial charge in [-0.15, -0.1) is 5.10 Å². The predicted molar refractivity (Wildman–Crippen MR) is 113 cm³/mol. The van der Waals surface area contributed by atoms with E-state index in [1.54, 1.807) is 37.3 Å². The maximum atomic E-state index is 13.2. The smallest absolute Gasteiger partial charge is 0.353 e. The van der Waals surface area contributed by atoms with E-state index in [-0.39, 0.29) is 18.3 Å². The summed E-state index contributed by atoms with van der Waals surface area (Å²) < 4.78 is 20.7. The van der Waals surface area contributed by atoms with Crippen LogP contribution >= 0.6 is 0 Å². The molecule has 0 atom stereocenters. The third-order valence-electron chi connectivity index (χ3n) is 4.47. The Morgan fingerprint density at radius 3 is 2.65 bits per heavy atom. The van der Waals surface area contributed by atoms with Crippen LogP contribution in [0.4, 0.5) is 21.7 Å². The van der Waals surface area contributed by atoms with Gasteiger partial charge in [-0.1, -0.05) is 12.1 Å². The monoisotopic (exact) mass is 422 g/mol. The minimum Gasteiger partial charge on any atom is -0.495 e. The lowest BCUT2D eigenvalue weighted by Gasteiger charge is -2.09. The number of fused-ring (bicyclic) bond motifs is 1. The van der Waals surface area contributed by atoms with Crippen LogP contribution in [0.3, 0.4) is 0 Å². The Hall–Kier alpha value is -4.21. The number of hydrogen-bond acceptors (Lipinski definition) is 6. The first kappa shape index (κ1) is 20.1. The zero-order chi connectivity index (χ0) is 22.0. The number of amides is 1. The minimum atomic E-state index is -0.540. The van der Waals surface area contributed by atoms with Crippen LogP contribution in [0.25, 0.3) is 5.65 Å². The standard InChI is InChI=1S/C21H19FN6O3/c1-13-11-18-26-27(12-19(29)25-16-5-3-4-6-17(16)31-2)21(30)28(18)20(23-13)24-15-9-7-14(22)8-10-15/h3-11H,12H2,1-2H3,(H,23,24)(H,25,29). The summed E-state index contributed by atoms with van der Waals surface area (Å²) in [7, 11) is 1.50. The number of nitrogens with one attached hydrogen (secondary N) is 2. The fourth-order valence-corrected chi connectivity index (χ4v) is 3.08. The quantitative estimate of drug-likeness (QED) is 0.495. The molecule has 31 heavy (non-hydrogen) atoms. The number of rotatable bonds is 6. The van der Waals surface area contributed by atoms with Gasteiger partial charge in [-0.05, 0) is 43.3 Å². The third kappa shape index (κ3) is 4.22. The van der Waals surface area contributed by atoms with Gasteiger partial charge in [0.05, 0.1) is 12.8 Å². The topological polar surface area (TPSA) is 103 Å². The molecule has 2 aromatic carbocycles. The summed E-state index contributed by atoms with van der Waals surface area (Å²) in [4.78, 5) is 29.8. The molecule has 1 amide bonds. The molecule has 158 valence electrons. The number of aryl methyl sites for hydroxylation is 1. The molecule has 0 saturated heterocycles. The summed E-state index contributed by atoms with van der Waals surface area (Å²) in [6.07, 6.45) is 0. The number of carbonyl (C=O) groups is 1. The molecule has 4 rings (SSSR count). The fourth-order valence-electron chi connectivity index (χ4n) is 3.08. The van der Waals surface area contributed by atoms with E-state index >= 15 is 0 Å². The molecule has 0 spiro atoms. The van der Waals surface area contributed by atoms with Crippen LogP contribution in [0.5, 0.6) is 5.75 Å². The maximum absolute atomic E-state index is 13.2. The number of aromatic nitrogens is 4. The van der Waals surface area contributed by atoms with Crippen molar-refractivity contribution in [2.24, 2.45) is 0 Å². The van der Waals surface area contributed by atoms with Crippen molar-refractivity contribution < 1.29 is 13.9 Å². The van der Waals surface area contributed by atoms with Gasteiger partial charge in [0.2, 0.25) is 11.9 Å². The number of para-hydroxylation sites is 2. The minimum absolute atomic E-state index is 0.211. The van der Waals surface area contributed by atoms with Gasteiger partial charge in [0, 0.05) is 17.4 Å². The molecule has 0 bridgehead atoms. The number of benzene rings is 2. The molecule has 2 heterocycles. The number of anilines is 3. The van der Waals surface area contributed by atoms with Crippen LogP contribution in [-0.2, 0) is 11.3 Å². The number of nitrogens with zero attached hydrogens (tertiary/aromatic N) is 4. The van der Waals surface area contributed by atoms with E-state index in [4.69, 9.17) is 4.74 Å². The molecule has 10 heteroatoms. The number of carbonyl (C=O) groups excluding carboxylic acids is 1. The molecular formula is C21H19FN6O3. The van der Waals surface area contributed by atoms with E-state index in [2.05, 4.69) is 20.7 Å². The highest BCUT2D eigenvalue weighted by molar-refractivity contribution is 5.92. The number of methoxy groups -OCH3 is 1. The molecule has 2 aromatic heterocycles. The SMILES string of the molecule is COc1ccccc1NC(=O)Cn1nc2cc(C)nc(Nc3ccc(F)cc3)n2c1=O. The van der Waals surface area contributed by atoms with Crippen molar-refractivity contribution in [2.75, 3.05) is 17.7 Å². The first-order valence-electron chi connectivity index (χ1n) is 9.37. The highest BCUT2D eigenvalue weighted by Gasteiger charge is 2.16. The van der Waals surface area contributed by atoms with Gasteiger partial charge >= 0.3 is 5.69 Å². The summed E-state index contributed by atoms with van der Waals surface area (Å²) in [5, 5.41) is 9.95. The molecule has 2 N–H and O–H groups in total. The van der Waals surface area contributed by atoms with E-state index in [0.717, 1.165) is 4.68 Å². The van der Waals surface area contributed by atoms with E-state index < -0.39 is 11.6 Å². The van der Waals surface area contributed by atoms with Gasteiger partial charge < -0.3 is 15.4 Å². The first-order chi connectivity index (χ1) is 14.9. The first-order valence-corrected chi connectivity index (χ1v) is 9.37. The van der Waals surface area contributed by atoms with Crippen LogP contribution in [0.1, 0.15) is 5.69 Å². The lowest BCUT2D eigenvalue weighted by molar-refractivity contribution is -0.117. The van der Waals surface area contributed by atoms with Gasteiger partial charge in [0.15, 0.2) is 5.65 Å². The molecule has 9 nitrogen and oxygen atoms in total. The average molecular weight is 422 g/mol. The third-order valence-corrected chi connectivity index (χ3v) is 4.47. The molecule has 0 fully saturated rings. The van der Waals surface area contributed by atoms with Crippen LogP contribution in [0, 0.1) is 12.7 Å². The normalized spacial score (nSPS) is 10.8. The Bertz CT molecular complexity index is 1310. The molecular weight excluding hydrogens is 403 g/mol. The average Bonchev–Trinajstić information content (AvgIpc) is 3.05. The zero-order valence-corrected chi connectivity index (χ0v) is 16.8. The van der Waals surface area contributed by atoms with Crippen molar-refractivity contribution >= 4 is 28.9 Å². The van der Waals surface area contributed by atoms with Crippen molar-refractivity contribution in [1.29, 1.82) is 0 Å². The highest BCUT2D eigenvalue weighted by atomic mass is 19.1. The Morgan fingerprint density at radius 2 is 1.90 bits per heavy atom. The second kappa shape index (κ2) is 8.27. The van der Waals surface area contributed by atoms with E-state index in [0.29, 0.717) is 28.5 Å². The van der Waals surface area contributed by atoms with Crippen molar-refractivity contribution in [2.45, 2.75) is 13.5 Å². The molecule has 0 saturated carbocycles. The van der Waals surface area contributed by atoms with Crippen LogP contribution < -0.4 is 21.1 Å². The maximum Gasteiger partial charge on any atom is 0.353 e. The Labute approximate surface area is 176 Å². The highest BCUT2D eigenvalue weighted by Crippen LogP contribution is 2.23. The van der Waals surface area contributed by atoms with Gasteiger partial charge in [-0.3, -0.25) is 4.79 Å². The second-order valence-corrected chi connectivity index (χ2v) is 6.74. The molecule has 0 aliphatic heterocycles. The number of ether oxygens (including phenoxy) is 1. The van der Waals surface area contributed by atoms with Crippen molar-refractivity contribution in [3.05, 3.63) is 76.6 Å². The van der Waals surface area contributed by atoms with E-state index in [1.165, 1.54) is 35.8 Å². The molecule has 0 aliphatic carbocycles. The molecule has 0 radical (unpaired) electrons. The largest absolute Gasteiger partial charge is 0.495 e. The molecule has 4 aromatic rings. The van der Waals surface area contributed by atoms with Gasteiger partial charge in [-0.25, -0.2) is 23.3 Å². The van der Waals surface area contributed by atoms with Crippen molar-refractivity contribution in [3.63, 3.8) is 0 Å². The van der Waals surface area contributed by atoms with E-state index in [1.807, 2.05) is 0 Å². The molecule has 0 unspecified atom stereocenters. The summed E-state index contributed by atoms with van der Waals surface area (Å²) in [6, 6.07) is 14.2. The Morgan fingerprint density at radius 1 is 1.16 bits per heavy atom. The fraction of sp³-hybridized carbons (Fsp3) is 0.143. The summed E-state index contributed by atoms with van der Waals surface area (Å²) in [6.45, 7) is 1.46. The Balaban J connectivity index is 1.63. The predicted octanol–water partition coefficient (Wildman–Crippen LogP) is 2.73. The Kier molecular flexibility index (Phi) is 5.35. The lowest BCUT2D eigenvalue weighted by atomic mass is 10.3. The van der Waals surface area contributed by atoms with Crippen LogP contribution in [0.2, 0.25) is 0 Å². The van der Waals surface area contributed by atoms with Gasteiger partial charge in [0.1, 0.15) is 18.1 Å². The lowest BCUT2D eigenvalue weighted by Crippen LogP contribution is -2.29. The summed E-state index contributed by atoms with van der Waals surface area (Å²) in [5.41, 5.74) is 1.44. The summed E-state index contributed by atoms with van der Waals surface area (Å²) >= 11 is 0. The number of hydrogen-bond donors (Lipinski definition) is 2.